The molecule has 0 atom stereocenters. The zero-order valence-corrected chi connectivity index (χ0v) is 17.2. The van der Waals surface area contributed by atoms with Crippen molar-refractivity contribution in [2.24, 2.45) is 0 Å². The summed E-state index contributed by atoms with van der Waals surface area (Å²) in [5.41, 5.74) is 2.74. The van der Waals surface area contributed by atoms with E-state index in [4.69, 9.17) is 4.74 Å². The van der Waals surface area contributed by atoms with E-state index in [1.807, 2.05) is 12.1 Å². The van der Waals surface area contributed by atoms with Crippen molar-refractivity contribution in [3.8, 4) is 5.75 Å². The number of amides is 1. The van der Waals surface area contributed by atoms with E-state index in [-0.39, 0.29) is 11.0 Å². The fourth-order valence-corrected chi connectivity index (χ4v) is 3.91. The number of rotatable bonds is 6. The Morgan fingerprint density at radius 2 is 1.80 bits per heavy atom. The minimum absolute atomic E-state index is 0.0949. The molecule has 0 bridgehead atoms. The standard InChI is InChI=1S/C24H27N3O3/c1-30-19-9-10-22-20(13-19)23(28)21(15-25-22)24(29)26-14-17-5-7-18(8-6-17)16-27-11-3-2-4-12-27/h5-10,13,15H,2-4,11-12,14,16H2,1H3,(H,25,28)(H,26,29). The first kappa shape index (κ1) is 20.2. The molecule has 0 spiro atoms. The second-order valence-corrected chi connectivity index (χ2v) is 7.78. The minimum atomic E-state index is -0.390. The number of nitrogens with one attached hydrogen (secondary N) is 2. The number of benzene rings is 2. The fourth-order valence-electron chi connectivity index (χ4n) is 3.91. The molecule has 0 radical (unpaired) electrons. The lowest BCUT2D eigenvalue weighted by atomic mass is 10.1. The number of likely N-dealkylation sites (tertiary alicyclic amines) is 1. The second-order valence-electron chi connectivity index (χ2n) is 7.78. The Morgan fingerprint density at radius 1 is 1.07 bits per heavy atom. The first-order chi connectivity index (χ1) is 14.6. The van der Waals surface area contributed by atoms with Crippen LogP contribution in [0.15, 0.2) is 53.5 Å². The van der Waals surface area contributed by atoms with E-state index in [1.165, 1.54) is 44.1 Å². The number of aromatic nitrogens is 1. The van der Waals surface area contributed by atoms with Gasteiger partial charge in [-0.15, -0.1) is 0 Å². The summed E-state index contributed by atoms with van der Waals surface area (Å²) < 4.78 is 5.18. The van der Waals surface area contributed by atoms with Crippen LogP contribution in [0.2, 0.25) is 0 Å². The zero-order valence-electron chi connectivity index (χ0n) is 17.2. The molecule has 1 aromatic heterocycles. The molecule has 156 valence electrons. The normalized spacial score (nSPS) is 14.6. The smallest absolute Gasteiger partial charge is 0.257 e. The van der Waals surface area contributed by atoms with Crippen LogP contribution < -0.4 is 15.5 Å². The average molecular weight is 405 g/mol. The Bertz CT molecular complexity index is 1080. The van der Waals surface area contributed by atoms with Gasteiger partial charge in [0.05, 0.1) is 7.11 Å². The Morgan fingerprint density at radius 3 is 2.53 bits per heavy atom. The number of hydrogen-bond acceptors (Lipinski definition) is 4. The van der Waals surface area contributed by atoms with Crippen molar-refractivity contribution in [1.82, 2.24) is 15.2 Å². The van der Waals surface area contributed by atoms with Gasteiger partial charge in [0, 0.05) is 30.2 Å². The summed E-state index contributed by atoms with van der Waals surface area (Å²) >= 11 is 0. The van der Waals surface area contributed by atoms with Crippen LogP contribution in [-0.4, -0.2) is 36.0 Å². The minimum Gasteiger partial charge on any atom is -0.497 e. The molecule has 1 saturated heterocycles. The first-order valence-electron chi connectivity index (χ1n) is 10.4. The van der Waals surface area contributed by atoms with Gasteiger partial charge in [-0.1, -0.05) is 30.7 Å². The molecular weight excluding hydrogens is 378 g/mol. The first-order valence-corrected chi connectivity index (χ1v) is 10.4. The van der Waals surface area contributed by atoms with Crippen LogP contribution in [0.1, 0.15) is 40.7 Å². The predicted octanol–water partition coefficient (Wildman–Crippen LogP) is 3.45. The molecule has 3 aromatic rings. The lowest BCUT2D eigenvalue weighted by Crippen LogP contribution is -2.29. The number of H-pyrrole nitrogens is 1. The third-order valence-electron chi connectivity index (χ3n) is 5.66. The summed E-state index contributed by atoms with van der Waals surface area (Å²) in [7, 11) is 1.55. The summed E-state index contributed by atoms with van der Waals surface area (Å²) in [6.07, 6.45) is 5.37. The Balaban J connectivity index is 1.40. The molecule has 2 N–H and O–H groups in total. The maximum absolute atomic E-state index is 12.7. The quantitative estimate of drug-likeness (QED) is 0.659. The lowest BCUT2D eigenvalue weighted by Gasteiger charge is -2.26. The number of carbonyl (C=O) groups excluding carboxylic acids is 1. The molecule has 1 fully saturated rings. The number of carbonyl (C=O) groups is 1. The number of nitrogens with zero attached hydrogens (tertiary/aromatic N) is 1. The highest BCUT2D eigenvalue weighted by Gasteiger charge is 2.14. The highest BCUT2D eigenvalue weighted by molar-refractivity contribution is 5.97. The Kier molecular flexibility index (Phi) is 6.14. The van der Waals surface area contributed by atoms with Gasteiger partial charge in [-0.25, -0.2) is 0 Å². The molecule has 0 unspecified atom stereocenters. The Labute approximate surface area is 175 Å². The van der Waals surface area contributed by atoms with Crippen LogP contribution in [-0.2, 0) is 13.1 Å². The van der Waals surface area contributed by atoms with Crippen LogP contribution in [0.25, 0.3) is 10.9 Å². The molecule has 2 heterocycles. The highest BCUT2D eigenvalue weighted by atomic mass is 16.5. The molecule has 30 heavy (non-hydrogen) atoms. The maximum atomic E-state index is 12.7. The van der Waals surface area contributed by atoms with Crippen LogP contribution in [0.4, 0.5) is 0 Å². The van der Waals surface area contributed by atoms with Crippen LogP contribution in [0.3, 0.4) is 0 Å². The fraction of sp³-hybridized carbons (Fsp3) is 0.333. The van der Waals surface area contributed by atoms with Crippen LogP contribution in [0, 0.1) is 0 Å². The number of methoxy groups -OCH3 is 1. The summed E-state index contributed by atoms with van der Waals surface area (Å²) in [4.78, 5) is 30.8. The van der Waals surface area contributed by atoms with Gasteiger partial charge >= 0.3 is 0 Å². The van der Waals surface area contributed by atoms with Crippen molar-refractivity contribution in [2.45, 2.75) is 32.4 Å². The molecule has 1 amide bonds. The van der Waals surface area contributed by atoms with Gasteiger partial charge in [-0.05, 0) is 55.3 Å². The molecule has 1 aliphatic rings. The highest BCUT2D eigenvalue weighted by Crippen LogP contribution is 2.17. The van der Waals surface area contributed by atoms with E-state index in [9.17, 15) is 9.59 Å². The van der Waals surface area contributed by atoms with E-state index >= 15 is 0 Å². The van der Waals surface area contributed by atoms with Crippen molar-refractivity contribution in [1.29, 1.82) is 0 Å². The topological polar surface area (TPSA) is 74.4 Å². The number of piperidine rings is 1. The number of aromatic amines is 1. The van der Waals surface area contributed by atoms with Gasteiger partial charge in [0.1, 0.15) is 11.3 Å². The van der Waals surface area contributed by atoms with Crippen molar-refractivity contribution in [2.75, 3.05) is 20.2 Å². The van der Waals surface area contributed by atoms with Gasteiger partial charge in [-0.2, -0.15) is 0 Å². The van der Waals surface area contributed by atoms with Gasteiger partial charge < -0.3 is 15.0 Å². The summed E-state index contributed by atoms with van der Waals surface area (Å²) in [5.74, 6) is 0.188. The molecule has 2 aromatic carbocycles. The van der Waals surface area contributed by atoms with E-state index in [1.54, 1.807) is 25.3 Å². The maximum Gasteiger partial charge on any atom is 0.257 e. The largest absolute Gasteiger partial charge is 0.497 e. The third-order valence-corrected chi connectivity index (χ3v) is 5.66. The average Bonchev–Trinajstić information content (AvgIpc) is 2.79. The molecule has 6 nitrogen and oxygen atoms in total. The summed E-state index contributed by atoms with van der Waals surface area (Å²) in [6.45, 7) is 3.69. The van der Waals surface area contributed by atoms with Gasteiger partial charge in [0.15, 0.2) is 0 Å². The summed E-state index contributed by atoms with van der Waals surface area (Å²) in [5, 5.41) is 3.28. The Hall–Kier alpha value is -3.12. The van der Waals surface area contributed by atoms with E-state index in [2.05, 4.69) is 27.3 Å². The molecule has 6 heteroatoms. The third kappa shape index (κ3) is 4.54. The molecule has 1 aliphatic heterocycles. The number of pyridine rings is 1. The van der Waals surface area contributed by atoms with E-state index < -0.39 is 5.91 Å². The van der Waals surface area contributed by atoms with Crippen molar-refractivity contribution >= 4 is 16.8 Å². The summed E-state index contributed by atoms with van der Waals surface area (Å²) in [6, 6.07) is 13.5. The number of fused-ring (bicyclic) bond motifs is 1. The number of hydrogen-bond donors (Lipinski definition) is 2. The predicted molar refractivity (Wildman–Crippen MR) is 118 cm³/mol. The van der Waals surface area contributed by atoms with Crippen molar-refractivity contribution in [3.05, 3.63) is 75.6 Å². The molecular formula is C24H27N3O3. The van der Waals surface area contributed by atoms with Gasteiger partial charge in [0.25, 0.3) is 5.91 Å². The van der Waals surface area contributed by atoms with Crippen LogP contribution >= 0.6 is 0 Å². The zero-order chi connectivity index (χ0) is 20.9. The lowest BCUT2D eigenvalue weighted by molar-refractivity contribution is 0.0949. The van der Waals surface area contributed by atoms with Gasteiger partial charge in [-0.3, -0.25) is 14.5 Å². The SMILES string of the molecule is COc1ccc2[nH]cc(C(=O)NCc3ccc(CN4CCCCC4)cc3)c(=O)c2c1. The van der Waals surface area contributed by atoms with Crippen LogP contribution in [0.5, 0.6) is 5.75 Å². The second kappa shape index (κ2) is 9.13. The monoisotopic (exact) mass is 405 g/mol. The van der Waals surface area contributed by atoms with E-state index in [0.717, 1.165) is 12.1 Å². The van der Waals surface area contributed by atoms with Gasteiger partial charge in [0.2, 0.25) is 5.43 Å². The van der Waals surface area contributed by atoms with Crippen molar-refractivity contribution < 1.29 is 9.53 Å². The molecule has 0 aliphatic carbocycles. The number of ether oxygens (including phenoxy) is 1. The van der Waals surface area contributed by atoms with Crippen molar-refractivity contribution in [3.63, 3.8) is 0 Å². The molecule has 4 rings (SSSR count). The van der Waals surface area contributed by atoms with E-state index in [0.29, 0.717) is 23.2 Å². The molecule has 0 saturated carbocycles.